The van der Waals surface area contributed by atoms with Crippen LogP contribution in [0.15, 0.2) is 42.6 Å². The van der Waals surface area contributed by atoms with Gasteiger partial charge in [-0.2, -0.15) is 0 Å². The van der Waals surface area contributed by atoms with Crippen LogP contribution in [0.4, 0.5) is 5.82 Å². The van der Waals surface area contributed by atoms with Gasteiger partial charge in [0, 0.05) is 37.2 Å². The Morgan fingerprint density at radius 1 is 1.15 bits per heavy atom. The molecule has 0 saturated carbocycles. The first-order valence-corrected chi connectivity index (χ1v) is 15.0. The predicted molar refractivity (Wildman–Crippen MR) is 137 cm³/mol. The molecule has 1 atom stereocenters. The Labute approximate surface area is 199 Å². The fourth-order valence-electron chi connectivity index (χ4n) is 3.86. The van der Waals surface area contributed by atoms with Gasteiger partial charge in [-0.05, 0) is 42.4 Å². The molecule has 2 aliphatic rings. The number of hydrogen-bond acceptors (Lipinski definition) is 6. The lowest BCUT2D eigenvalue weighted by Crippen LogP contribution is -2.40. The summed E-state index contributed by atoms with van der Waals surface area (Å²) < 4.78 is 12.0. The van der Waals surface area contributed by atoms with E-state index in [-0.39, 0.29) is 5.04 Å². The molecule has 1 unspecified atom stereocenters. The van der Waals surface area contributed by atoms with Crippen LogP contribution in [0.3, 0.4) is 0 Å². The van der Waals surface area contributed by atoms with Gasteiger partial charge in [-0.25, -0.2) is 9.97 Å². The number of aromatic nitrogens is 2. The zero-order valence-electron chi connectivity index (χ0n) is 20.7. The fraction of sp³-hybridized carbons (Fsp3) is 0.538. The zero-order chi connectivity index (χ0) is 23.5. The first-order valence-electron chi connectivity index (χ1n) is 12.1. The van der Waals surface area contributed by atoms with Gasteiger partial charge in [0.05, 0.1) is 25.5 Å². The lowest BCUT2D eigenvalue weighted by Gasteiger charge is -2.36. The van der Waals surface area contributed by atoms with E-state index in [0.29, 0.717) is 12.5 Å². The lowest BCUT2D eigenvalue weighted by molar-refractivity contribution is 0.122. The molecule has 2 aliphatic heterocycles. The Bertz CT molecular complexity index is 980. The number of ether oxygens (including phenoxy) is 1. The van der Waals surface area contributed by atoms with E-state index in [1.807, 2.05) is 6.20 Å². The number of morpholine rings is 1. The molecule has 0 radical (unpaired) electrons. The Balaban J connectivity index is 1.64. The summed E-state index contributed by atoms with van der Waals surface area (Å²) in [6, 6.07) is 10.7. The zero-order valence-corrected chi connectivity index (χ0v) is 21.7. The van der Waals surface area contributed by atoms with E-state index in [1.165, 1.54) is 5.56 Å². The van der Waals surface area contributed by atoms with Crippen LogP contribution >= 0.6 is 0 Å². The number of allylic oxidation sites excluding steroid dienone is 1. The van der Waals surface area contributed by atoms with Crippen molar-refractivity contribution in [2.75, 3.05) is 37.7 Å². The summed E-state index contributed by atoms with van der Waals surface area (Å²) in [6.07, 6.45) is 5.29. The summed E-state index contributed by atoms with van der Waals surface area (Å²) in [6.45, 7) is 16.2. The normalized spacial score (nSPS) is 19.4. The highest BCUT2D eigenvalue weighted by Crippen LogP contribution is 2.37. The monoisotopic (exact) mass is 466 g/mol. The fourth-order valence-corrected chi connectivity index (χ4v) is 4.82. The summed E-state index contributed by atoms with van der Waals surface area (Å²) in [5, 5.41) is 3.48. The van der Waals surface area contributed by atoms with Gasteiger partial charge in [0.1, 0.15) is 5.82 Å². The van der Waals surface area contributed by atoms with Gasteiger partial charge in [0.2, 0.25) is 0 Å². The highest BCUT2D eigenvalue weighted by molar-refractivity contribution is 6.74. The summed E-state index contributed by atoms with van der Waals surface area (Å²) in [5.74, 6) is 2.08. The van der Waals surface area contributed by atoms with Crippen LogP contribution in [0.25, 0.3) is 11.4 Å². The van der Waals surface area contributed by atoms with Gasteiger partial charge in [0.25, 0.3) is 0 Å². The van der Waals surface area contributed by atoms with E-state index in [0.717, 1.165) is 62.2 Å². The Hall–Kier alpha value is -2.22. The standard InChI is InChI=1S/C26H38N4O2Si/c1-26(2,3)33(4,5)32-19-20-7-6-8-22(17-20)25-28-23(21-9-11-27-12-10-21)18-24(29-25)30-13-15-31-16-14-30/h6-9,11,17-18,21,27H,10,12-16,19H2,1-5H3. The van der Waals surface area contributed by atoms with E-state index < -0.39 is 8.32 Å². The van der Waals surface area contributed by atoms with Crippen molar-refractivity contribution in [1.29, 1.82) is 0 Å². The predicted octanol–water partition coefficient (Wildman–Crippen LogP) is 5.09. The first kappa shape index (κ1) is 23.9. The second kappa shape index (κ2) is 9.95. The summed E-state index contributed by atoms with van der Waals surface area (Å²) in [4.78, 5) is 12.3. The molecule has 0 spiro atoms. The van der Waals surface area contributed by atoms with E-state index in [9.17, 15) is 0 Å². The molecule has 178 valence electrons. The Morgan fingerprint density at radius 2 is 1.94 bits per heavy atom. The molecular weight excluding hydrogens is 428 g/mol. The molecule has 1 N–H and O–H groups in total. The SMILES string of the molecule is CC(C)(C)[Si](C)(C)OCc1cccc(-c2nc(C3C=CNCC3)cc(N3CCOCC3)n2)c1. The van der Waals surface area contributed by atoms with E-state index in [4.69, 9.17) is 19.1 Å². The van der Waals surface area contributed by atoms with E-state index in [2.05, 4.69) is 80.5 Å². The quantitative estimate of drug-likeness (QED) is 0.598. The number of nitrogens with one attached hydrogen (secondary N) is 1. The minimum Gasteiger partial charge on any atom is -0.413 e. The van der Waals surface area contributed by atoms with Crippen LogP contribution in [0, 0.1) is 0 Å². The second-order valence-electron chi connectivity index (χ2n) is 10.5. The topological polar surface area (TPSA) is 59.5 Å². The Kier molecular flexibility index (Phi) is 7.21. The van der Waals surface area contributed by atoms with Crippen molar-refractivity contribution in [2.45, 2.75) is 57.8 Å². The summed E-state index contributed by atoms with van der Waals surface area (Å²) in [5.41, 5.74) is 3.30. The van der Waals surface area contributed by atoms with Crippen molar-refractivity contribution in [2.24, 2.45) is 0 Å². The van der Waals surface area contributed by atoms with Crippen molar-refractivity contribution in [3.05, 3.63) is 53.9 Å². The summed E-state index contributed by atoms with van der Waals surface area (Å²) >= 11 is 0. The average Bonchev–Trinajstić information content (AvgIpc) is 2.83. The molecule has 3 heterocycles. The van der Waals surface area contributed by atoms with Gasteiger partial charge < -0.3 is 19.4 Å². The van der Waals surface area contributed by atoms with Crippen LogP contribution < -0.4 is 10.2 Å². The van der Waals surface area contributed by atoms with Gasteiger partial charge in [-0.3, -0.25) is 0 Å². The molecule has 33 heavy (non-hydrogen) atoms. The summed E-state index contributed by atoms with van der Waals surface area (Å²) in [7, 11) is -1.81. The number of hydrogen-bond donors (Lipinski definition) is 1. The third kappa shape index (κ3) is 5.83. The van der Waals surface area contributed by atoms with Gasteiger partial charge >= 0.3 is 0 Å². The smallest absolute Gasteiger partial charge is 0.192 e. The molecule has 6 nitrogen and oxygen atoms in total. The minimum absolute atomic E-state index is 0.192. The highest BCUT2D eigenvalue weighted by atomic mass is 28.4. The molecule has 0 aliphatic carbocycles. The molecule has 1 saturated heterocycles. The van der Waals surface area contributed by atoms with Crippen LogP contribution in [0.1, 0.15) is 44.4 Å². The Morgan fingerprint density at radius 3 is 2.64 bits per heavy atom. The second-order valence-corrected chi connectivity index (χ2v) is 15.3. The van der Waals surface area contributed by atoms with Crippen LogP contribution in [-0.2, 0) is 15.8 Å². The van der Waals surface area contributed by atoms with Crippen LogP contribution in [-0.4, -0.2) is 51.1 Å². The first-order chi connectivity index (χ1) is 15.7. The molecule has 0 bridgehead atoms. The molecule has 7 heteroatoms. The minimum atomic E-state index is -1.81. The number of benzene rings is 1. The molecule has 1 aromatic carbocycles. The number of rotatable bonds is 6. The number of nitrogens with zero attached hydrogens (tertiary/aromatic N) is 3. The van der Waals surface area contributed by atoms with Gasteiger partial charge in [0.15, 0.2) is 14.1 Å². The van der Waals surface area contributed by atoms with E-state index >= 15 is 0 Å². The van der Waals surface area contributed by atoms with Crippen LogP contribution in [0.5, 0.6) is 0 Å². The maximum atomic E-state index is 6.47. The molecular formula is C26H38N4O2Si. The van der Waals surface area contributed by atoms with Crippen LogP contribution in [0.2, 0.25) is 18.1 Å². The molecule has 0 amide bonds. The van der Waals surface area contributed by atoms with Crippen molar-refractivity contribution < 1.29 is 9.16 Å². The van der Waals surface area contributed by atoms with E-state index in [1.54, 1.807) is 0 Å². The third-order valence-electron chi connectivity index (χ3n) is 7.08. The van der Waals surface area contributed by atoms with Crippen molar-refractivity contribution in [3.8, 4) is 11.4 Å². The maximum Gasteiger partial charge on any atom is 0.192 e. The highest BCUT2D eigenvalue weighted by Gasteiger charge is 2.37. The third-order valence-corrected chi connectivity index (χ3v) is 11.6. The molecule has 1 aromatic heterocycles. The van der Waals surface area contributed by atoms with Gasteiger partial charge in [-0.1, -0.05) is 45.0 Å². The number of anilines is 1. The lowest BCUT2D eigenvalue weighted by atomic mass is 9.98. The van der Waals surface area contributed by atoms with Crippen molar-refractivity contribution >= 4 is 14.1 Å². The molecule has 2 aromatic rings. The molecule has 1 fully saturated rings. The van der Waals surface area contributed by atoms with Crippen molar-refractivity contribution in [3.63, 3.8) is 0 Å². The molecule has 4 rings (SSSR count). The maximum absolute atomic E-state index is 6.47. The largest absolute Gasteiger partial charge is 0.413 e. The van der Waals surface area contributed by atoms with Gasteiger partial charge in [-0.15, -0.1) is 0 Å². The average molecular weight is 467 g/mol. The van der Waals surface area contributed by atoms with Crippen molar-refractivity contribution in [1.82, 2.24) is 15.3 Å².